The second-order valence-electron chi connectivity index (χ2n) is 5.02. The smallest absolute Gasteiger partial charge is 0.282 e. The van der Waals surface area contributed by atoms with Gasteiger partial charge in [-0.3, -0.25) is 0 Å². The number of nitrogens with one attached hydrogen (secondary N) is 1. The number of rotatable bonds is 5. The first kappa shape index (κ1) is 14.6. The van der Waals surface area contributed by atoms with Crippen molar-refractivity contribution in [2.24, 2.45) is 10.7 Å². The van der Waals surface area contributed by atoms with E-state index in [4.69, 9.17) is 22.1 Å². The van der Waals surface area contributed by atoms with Gasteiger partial charge in [-0.25, -0.2) is 15.0 Å². The van der Waals surface area contributed by atoms with Crippen molar-refractivity contribution in [2.45, 2.75) is 18.9 Å². The first-order valence-corrected chi connectivity index (χ1v) is 7.36. The van der Waals surface area contributed by atoms with Gasteiger partial charge in [-0.05, 0) is 30.5 Å². The molecule has 1 aliphatic heterocycles. The average Bonchev–Trinajstić information content (AvgIpc) is 2.94. The summed E-state index contributed by atoms with van der Waals surface area (Å²) in [7, 11) is 0. The van der Waals surface area contributed by atoms with E-state index in [2.05, 4.69) is 32.4 Å². The highest BCUT2D eigenvalue weighted by Crippen LogP contribution is 2.17. The third-order valence-electron chi connectivity index (χ3n) is 3.33. The Labute approximate surface area is 133 Å². The minimum Gasteiger partial charge on any atom is -0.463 e. The molecule has 1 aliphatic rings. The second kappa shape index (κ2) is 6.62. The molecule has 22 heavy (non-hydrogen) atoms. The van der Waals surface area contributed by atoms with Gasteiger partial charge in [0.25, 0.3) is 6.02 Å². The Balaban J connectivity index is 1.54. The number of ether oxygens (including phenoxy) is 1. The van der Waals surface area contributed by atoms with Crippen LogP contribution >= 0.6 is 11.6 Å². The van der Waals surface area contributed by atoms with Crippen molar-refractivity contribution >= 4 is 29.3 Å². The van der Waals surface area contributed by atoms with Gasteiger partial charge < -0.3 is 15.8 Å². The zero-order chi connectivity index (χ0) is 15.4. The molecule has 1 aromatic heterocycles. The number of halogens is 1. The van der Waals surface area contributed by atoms with Crippen molar-refractivity contribution in [3.05, 3.63) is 47.2 Å². The molecule has 0 fully saturated rings. The van der Waals surface area contributed by atoms with Gasteiger partial charge in [0.1, 0.15) is 6.61 Å². The van der Waals surface area contributed by atoms with E-state index < -0.39 is 0 Å². The Bertz CT molecular complexity index is 657. The molecular weight excluding hydrogens is 302 g/mol. The fourth-order valence-corrected chi connectivity index (χ4v) is 2.28. The molecule has 0 bridgehead atoms. The molecule has 0 unspecified atom stereocenters. The predicted molar refractivity (Wildman–Crippen MR) is 86.5 cm³/mol. The van der Waals surface area contributed by atoms with Gasteiger partial charge in [0.2, 0.25) is 5.95 Å². The van der Waals surface area contributed by atoms with Crippen LogP contribution in [0.25, 0.3) is 0 Å². The standard InChI is InChI=1S/C15H16ClN5O/c16-11-7-18-15(19-8-11)21-12-4-1-10(2-5-12)3-6-13-9-22-14(17)20-13/h1-2,4-5,7-8,13H,3,6,9H2,(H2,17,20)(H,18,19,21)/t13-/m0/s1. The Hall–Kier alpha value is -2.34. The largest absolute Gasteiger partial charge is 0.463 e. The number of aromatic nitrogens is 2. The molecule has 7 heteroatoms. The van der Waals surface area contributed by atoms with Gasteiger partial charge in [0.05, 0.1) is 23.5 Å². The maximum atomic E-state index is 5.75. The van der Waals surface area contributed by atoms with Crippen molar-refractivity contribution < 1.29 is 4.74 Å². The van der Waals surface area contributed by atoms with Crippen LogP contribution in [-0.4, -0.2) is 28.6 Å². The highest BCUT2D eigenvalue weighted by atomic mass is 35.5. The fraction of sp³-hybridized carbons (Fsp3) is 0.267. The van der Waals surface area contributed by atoms with Crippen molar-refractivity contribution in [3.8, 4) is 0 Å². The number of aryl methyl sites for hydroxylation is 1. The number of nitrogens with two attached hydrogens (primary N) is 1. The molecule has 0 saturated heterocycles. The summed E-state index contributed by atoms with van der Waals surface area (Å²) in [6.45, 7) is 0.583. The number of aliphatic imine (C=N–C) groups is 1. The summed E-state index contributed by atoms with van der Waals surface area (Å²) in [6, 6.07) is 8.60. The van der Waals surface area contributed by atoms with E-state index in [9.17, 15) is 0 Å². The first-order chi connectivity index (χ1) is 10.7. The van der Waals surface area contributed by atoms with E-state index in [1.54, 1.807) is 12.4 Å². The van der Waals surface area contributed by atoms with Crippen molar-refractivity contribution in [1.29, 1.82) is 0 Å². The summed E-state index contributed by atoms with van der Waals surface area (Å²) >= 11 is 5.75. The second-order valence-corrected chi connectivity index (χ2v) is 5.45. The lowest BCUT2D eigenvalue weighted by molar-refractivity contribution is 0.308. The van der Waals surface area contributed by atoms with Gasteiger partial charge in [0, 0.05) is 5.69 Å². The summed E-state index contributed by atoms with van der Waals surface area (Å²) in [5.41, 5.74) is 7.66. The third-order valence-corrected chi connectivity index (χ3v) is 3.53. The minimum absolute atomic E-state index is 0.167. The van der Waals surface area contributed by atoms with Crippen LogP contribution < -0.4 is 11.1 Å². The van der Waals surface area contributed by atoms with E-state index in [0.29, 0.717) is 23.6 Å². The summed E-state index contributed by atoms with van der Waals surface area (Å²) in [5.74, 6) is 0.519. The summed E-state index contributed by atoms with van der Waals surface area (Å²) in [5, 5.41) is 3.64. The van der Waals surface area contributed by atoms with Crippen LogP contribution in [0, 0.1) is 0 Å². The predicted octanol–water partition coefficient (Wildman–Crippen LogP) is 2.52. The van der Waals surface area contributed by atoms with Crippen molar-refractivity contribution in [2.75, 3.05) is 11.9 Å². The van der Waals surface area contributed by atoms with Gasteiger partial charge in [-0.15, -0.1) is 0 Å². The molecule has 114 valence electrons. The topological polar surface area (TPSA) is 85.4 Å². The van der Waals surface area contributed by atoms with Gasteiger partial charge in [-0.1, -0.05) is 23.7 Å². The lowest BCUT2D eigenvalue weighted by Crippen LogP contribution is -2.10. The zero-order valence-corrected chi connectivity index (χ0v) is 12.6. The summed E-state index contributed by atoms with van der Waals surface area (Å²) in [6.07, 6.45) is 4.97. The molecule has 0 saturated carbocycles. The average molecular weight is 318 g/mol. The van der Waals surface area contributed by atoms with Crippen LogP contribution in [0.1, 0.15) is 12.0 Å². The van der Waals surface area contributed by atoms with Crippen molar-refractivity contribution in [3.63, 3.8) is 0 Å². The fourth-order valence-electron chi connectivity index (χ4n) is 2.18. The van der Waals surface area contributed by atoms with E-state index >= 15 is 0 Å². The van der Waals surface area contributed by atoms with Gasteiger partial charge >= 0.3 is 0 Å². The molecule has 0 spiro atoms. The summed E-state index contributed by atoms with van der Waals surface area (Å²) < 4.78 is 5.14. The molecule has 2 aromatic rings. The van der Waals surface area contributed by atoms with E-state index in [1.165, 1.54) is 5.56 Å². The van der Waals surface area contributed by atoms with E-state index in [1.807, 2.05) is 12.1 Å². The molecule has 0 amide bonds. The highest BCUT2D eigenvalue weighted by molar-refractivity contribution is 6.30. The molecule has 1 atom stereocenters. The Morgan fingerprint density at radius 1 is 1.23 bits per heavy atom. The Morgan fingerprint density at radius 3 is 2.59 bits per heavy atom. The summed E-state index contributed by atoms with van der Waals surface area (Å²) in [4.78, 5) is 12.4. The van der Waals surface area contributed by atoms with Crippen LogP contribution in [0.5, 0.6) is 0 Å². The maximum absolute atomic E-state index is 5.75. The normalized spacial score (nSPS) is 17.0. The number of amidine groups is 1. The number of hydrogen-bond donors (Lipinski definition) is 2. The minimum atomic E-state index is 0.167. The molecule has 3 rings (SSSR count). The molecule has 1 aromatic carbocycles. The van der Waals surface area contributed by atoms with Crippen LogP contribution in [0.4, 0.5) is 11.6 Å². The number of anilines is 2. The Kier molecular flexibility index (Phi) is 4.39. The quantitative estimate of drug-likeness (QED) is 0.885. The maximum Gasteiger partial charge on any atom is 0.282 e. The van der Waals surface area contributed by atoms with Crippen molar-refractivity contribution in [1.82, 2.24) is 9.97 Å². The number of nitrogens with zero attached hydrogens (tertiary/aromatic N) is 3. The first-order valence-electron chi connectivity index (χ1n) is 6.98. The lowest BCUT2D eigenvalue weighted by Gasteiger charge is -2.07. The molecule has 3 N–H and O–H groups in total. The van der Waals surface area contributed by atoms with Crippen LogP contribution in [0.3, 0.4) is 0 Å². The number of benzene rings is 1. The van der Waals surface area contributed by atoms with Crippen LogP contribution in [0.2, 0.25) is 5.02 Å². The molecule has 6 nitrogen and oxygen atoms in total. The zero-order valence-electron chi connectivity index (χ0n) is 11.9. The Morgan fingerprint density at radius 2 is 1.95 bits per heavy atom. The molecule has 2 heterocycles. The number of hydrogen-bond acceptors (Lipinski definition) is 6. The SMILES string of the molecule is NC1=N[C@@H](CCc2ccc(Nc3ncc(Cl)cn3)cc2)CO1. The van der Waals surface area contributed by atoms with E-state index in [-0.39, 0.29) is 6.04 Å². The van der Waals surface area contributed by atoms with Crippen LogP contribution in [-0.2, 0) is 11.2 Å². The molecule has 0 radical (unpaired) electrons. The third kappa shape index (κ3) is 3.85. The van der Waals surface area contributed by atoms with Crippen LogP contribution in [0.15, 0.2) is 41.7 Å². The molecule has 0 aliphatic carbocycles. The molecular formula is C15H16ClN5O. The van der Waals surface area contributed by atoms with E-state index in [0.717, 1.165) is 18.5 Å². The highest BCUT2D eigenvalue weighted by Gasteiger charge is 2.16. The monoisotopic (exact) mass is 317 g/mol. The lowest BCUT2D eigenvalue weighted by atomic mass is 10.1. The van der Waals surface area contributed by atoms with Gasteiger partial charge in [0.15, 0.2) is 0 Å². The van der Waals surface area contributed by atoms with Gasteiger partial charge in [-0.2, -0.15) is 0 Å².